The fourth-order valence-electron chi connectivity index (χ4n) is 1.41. The Hall–Kier alpha value is -1.42. The van der Waals surface area contributed by atoms with E-state index in [9.17, 15) is 0 Å². The van der Waals surface area contributed by atoms with Crippen molar-refractivity contribution in [3.05, 3.63) is 29.3 Å². The summed E-state index contributed by atoms with van der Waals surface area (Å²) in [6, 6.07) is 4.13. The Balaban J connectivity index is 2.52. The smallest absolute Gasteiger partial charge is 0.222 e. The quantitative estimate of drug-likeness (QED) is 0.862. The molecule has 0 saturated heterocycles. The number of hydrogen-bond donors (Lipinski definition) is 1. The molecule has 0 aromatic carbocycles. The second kappa shape index (κ2) is 4.40. The minimum absolute atomic E-state index is 0.676. The maximum atomic E-state index is 4.49. The van der Waals surface area contributed by atoms with Crippen molar-refractivity contribution in [3.8, 4) is 10.6 Å². The van der Waals surface area contributed by atoms with E-state index in [-0.39, 0.29) is 0 Å². The van der Waals surface area contributed by atoms with E-state index in [1.165, 1.54) is 10.4 Å². The highest BCUT2D eigenvalue weighted by atomic mass is 32.1. The molecule has 2 rings (SSSR count). The van der Waals surface area contributed by atoms with Crippen LogP contribution >= 0.6 is 11.3 Å². The number of nitrogens with zero attached hydrogens (tertiary/aromatic N) is 2. The highest BCUT2D eigenvalue weighted by Gasteiger charge is 2.08. The summed E-state index contributed by atoms with van der Waals surface area (Å²) in [5.74, 6) is 0.676. The zero-order chi connectivity index (χ0) is 10.7. The van der Waals surface area contributed by atoms with E-state index in [4.69, 9.17) is 0 Å². The normalized spacial score (nSPS) is 10.3. The predicted molar refractivity (Wildman–Crippen MR) is 64.3 cm³/mol. The van der Waals surface area contributed by atoms with Gasteiger partial charge >= 0.3 is 0 Å². The summed E-state index contributed by atoms with van der Waals surface area (Å²) in [6.45, 7) is 2.12. The van der Waals surface area contributed by atoms with Gasteiger partial charge in [-0.1, -0.05) is 13.0 Å². The minimum Gasteiger partial charge on any atom is -0.357 e. The summed E-state index contributed by atoms with van der Waals surface area (Å²) in [4.78, 5) is 9.91. The third kappa shape index (κ3) is 1.99. The van der Waals surface area contributed by atoms with Gasteiger partial charge in [-0.15, -0.1) is 11.3 Å². The van der Waals surface area contributed by atoms with Gasteiger partial charge in [0.05, 0.1) is 10.6 Å². The molecule has 78 valence electrons. The van der Waals surface area contributed by atoms with Crippen LogP contribution in [0.15, 0.2) is 23.7 Å². The largest absolute Gasteiger partial charge is 0.357 e. The van der Waals surface area contributed by atoms with Gasteiger partial charge in [-0.05, 0) is 23.4 Å². The number of anilines is 1. The lowest BCUT2D eigenvalue weighted by Gasteiger charge is -2.06. The molecule has 2 aromatic heterocycles. The van der Waals surface area contributed by atoms with E-state index in [2.05, 4.69) is 33.7 Å². The number of thiophene rings is 1. The number of aromatic nitrogens is 2. The van der Waals surface area contributed by atoms with Gasteiger partial charge in [0.1, 0.15) is 0 Å². The number of hydrogen-bond acceptors (Lipinski definition) is 4. The lowest BCUT2D eigenvalue weighted by Crippen LogP contribution is -2.00. The van der Waals surface area contributed by atoms with E-state index in [1.54, 1.807) is 11.3 Å². The van der Waals surface area contributed by atoms with Crippen LogP contribution in [0.2, 0.25) is 0 Å². The molecule has 0 spiro atoms. The van der Waals surface area contributed by atoms with E-state index in [1.807, 2.05) is 19.3 Å². The first-order chi connectivity index (χ1) is 7.35. The first-order valence-corrected chi connectivity index (χ1v) is 5.80. The van der Waals surface area contributed by atoms with Gasteiger partial charge < -0.3 is 5.32 Å². The third-order valence-electron chi connectivity index (χ3n) is 2.22. The standard InChI is InChI=1S/C11H13N3S/c1-3-8-7-13-11(12-2)14-10(8)9-5-4-6-15-9/h4-7H,3H2,1-2H3,(H,12,13,14). The van der Waals surface area contributed by atoms with Crippen LogP contribution in [0.4, 0.5) is 5.95 Å². The van der Waals surface area contributed by atoms with Crippen molar-refractivity contribution in [2.24, 2.45) is 0 Å². The summed E-state index contributed by atoms with van der Waals surface area (Å²) >= 11 is 1.71. The Labute approximate surface area is 93.2 Å². The van der Waals surface area contributed by atoms with Crippen LogP contribution in [-0.2, 0) is 6.42 Å². The van der Waals surface area contributed by atoms with Crippen molar-refractivity contribution < 1.29 is 0 Å². The summed E-state index contributed by atoms with van der Waals surface area (Å²) in [5.41, 5.74) is 2.24. The maximum Gasteiger partial charge on any atom is 0.222 e. The molecule has 0 saturated carbocycles. The summed E-state index contributed by atoms with van der Waals surface area (Å²) in [7, 11) is 1.83. The van der Waals surface area contributed by atoms with Crippen LogP contribution in [0.5, 0.6) is 0 Å². The van der Waals surface area contributed by atoms with Crippen LogP contribution in [0.3, 0.4) is 0 Å². The molecule has 2 aromatic rings. The lowest BCUT2D eigenvalue weighted by molar-refractivity contribution is 1.05. The maximum absolute atomic E-state index is 4.49. The molecular weight excluding hydrogens is 206 g/mol. The average molecular weight is 219 g/mol. The van der Waals surface area contributed by atoms with Crippen molar-refractivity contribution in [1.29, 1.82) is 0 Å². The van der Waals surface area contributed by atoms with Gasteiger partial charge in [0.2, 0.25) is 5.95 Å². The molecule has 1 N–H and O–H groups in total. The molecule has 0 radical (unpaired) electrons. The third-order valence-corrected chi connectivity index (χ3v) is 3.10. The second-order valence-corrected chi connectivity index (χ2v) is 4.10. The molecule has 0 atom stereocenters. The molecule has 15 heavy (non-hydrogen) atoms. The fraction of sp³-hybridized carbons (Fsp3) is 0.273. The summed E-state index contributed by atoms with van der Waals surface area (Å²) in [5, 5.41) is 5.03. The number of nitrogens with one attached hydrogen (secondary N) is 1. The number of rotatable bonds is 3. The second-order valence-electron chi connectivity index (χ2n) is 3.15. The van der Waals surface area contributed by atoms with Crippen molar-refractivity contribution in [2.45, 2.75) is 13.3 Å². The number of aryl methyl sites for hydroxylation is 1. The van der Waals surface area contributed by atoms with Crippen LogP contribution in [0.25, 0.3) is 10.6 Å². The van der Waals surface area contributed by atoms with E-state index < -0.39 is 0 Å². The molecule has 0 unspecified atom stereocenters. The van der Waals surface area contributed by atoms with Gasteiger partial charge in [-0.2, -0.15) is 0 Å². The predicted octanol–water partition coefficient (Wildman–Crippen LogP) is 2.81. The summed E-state index contributed by atoms with van der Waals surface area (Å²) < 4.78 is 0. The Kier molecular flexibility index (Phi) is 2.97. The highest BCUT2D eigenvalue weighted by Crippen LogP contribution is 2.26. The van der Waals surface area contributed by atoms with E-state index in [0.717, 1.165) is 12.1 Å². The van der Waals surface area contributed by atoms with Gasteiger partial charge in [-0.3, -0.25) is 0 Å². The molecule has 4 heteroatoms. The molecule has 0 bridgehead atoms. The topological polar surface area (TPSA) is 37.8 Å². The van der Waals surface area contributed by atoms with Gasteiger partial charge in [-0.25, -0.2) is 9.97 Å². The van der Waals surface area contributed by atoms with Gasteiger partial charge in [0, 0.05) is 13.2 Å². The first-order valence-electron chi connectivity index (χ1n) is 4.92. The minimum atomic E-state index is 0.676. The Morgan fingerprint density at radius 3 is 2.93 bits per heavy atom. The molecular formula is C11H13N3S. The van der Waals surface area contributed by atoms with Crippen molar-refractivity contribution in [1.82, 2.24) is 9.97 Å². The Morgan fingerprint density at radius 1 is 1.47 bits per heavy atom. The van der Waals surface area contributed by atoms with E-state index in [0.29, 0.717) is 5.95 Å². The van der Waals surface area contributed by atoms with Gasteiger partial charge in [0.25, 0.3) is 0 Å². The molecule has 0 aliphatic heterocycles. The van der Waals surface area contributed by atoms with Gasteiger partial charge in [0.15, 0.2) is 0 Å². The fourth-order valence-corrected chi connectivity index (χ4v) is 2.16. The van der Waals surface area contributed by atoms with Crippen molar-refractivity contribution in [2.75, 3.05) is 12.4 Å². The Morgan fingerprint density at radius 2 is 2.33 bits per heavy atom. The zero-order valence-corrected chi connectivity index (χ0v) is 9.64. The van der Waals surface area contributed by atoms with E-state index >= 15 is 0 Å². The first kappa shape index (κ1) is 10.1. The van der Waals surface area contributed by atoms with Crippen LogP contribution in [-0.4, -0.2) is 17.0 Å². The van der Waals surface area contributed by atoms with Crippen LogP contribution in [0.1, 0.15) is 12.5 Å². The SMILES string of the molecule is CCc1cnc(NC)nc1-c1cccs1. The molecule has 3 nitrogen and oxygen atoms in total. The van der Waals surface area contributed by atoms with Crippen LogP contribution in [0, 0.1) is 0 Å². The molecule has 0 aliphatic carbocycles. The lowest BCUT2D eigenvalue weighted by atomic mass is 10.1. The molecule has 0 amide bonds. The average Bonchev–Trinajstić information content (AvgIpc) is 2.81. The highest BCUT2D eigenvalue weighted by molar-refractivity contribution is 7.13. The summed E-state index contributed by atoms with van der Waals surface area (Å²) in [6.07, 6.45) is 2.85. The monoisotopic (exact) mass is 219 g/mol. The zero-order valence-electron chi connectivity index (χ0n) is 8.82. The Bertz CT molecular complexity index is 437. The van der Waals surface area contributed by atoms with Crippen LogP contribution < -0.4 is 5.32 Å². The van der Waals surface area contributed by atoms with Crippen molar-refractivity contribution in [3.63, 3.8) is 0 Å². The molecule has 0 fully saturated rings. The molecule has 0 aliphatic rings. The van der Waals surface area contributed by atoms with Crippen molar-refractivity contribution >= 4 is 17.3 Å². The molecule has 2 heterocycles.